The molecule has 2 aliphatic rings. The zero-order valence-electron chi connectivity index (χ0n) is 14.7. The molecular formula is C19H20ClN3O3S. The third-order valence-corrected chi connectivity index (χ3v) is 7.03. The van der Waals surface area contributed by atoms with Gasteiger partial charge in [-0.15, -0.1) is 0 Å². The van der Waals surface area contributed by atoms with Crippen molar-refractivity contribution in [3.05, 3.63) is 52.0 Å². The molecule has 1 heterocycles. The number of hydrogen-bond acceptors (Lipinski definition) is 5. The summed E-state index contributed by atoms with van der Waals surface area (Å²) in [6, 6.07) is 8.42. The Morgan fingerprint density at radius 3 is 2.59 bits per heavy atom. The number of fused-ring (bicyclic) bond motifs is 1. The van der Waals surface area contributed by atoms with Gasteiger partial charge in [-0.05, 0) is 48.6 Å². The lowest BCUT2D eigenvalue weighted by Crippen LogP contribution is -2.46. The monoisotopic (exact) mass is 405 g/mol. The molecule has 1 saturated carbocycles. The summed E-state index contributed by atoms with van der Waals surface area (Å²) in [6.45, 7) is 2.54. The van der Waals surface area contributed by atoms with Crippen LogP contribution in [0, 0.1) is 6.92 Å². The molecule has 0 spiro atoms. The smallest absolute Gasteiger partial charge is 0.240 e. The van der Waals surface area contributed by atoms with Crippen molar-refractivity contribution in [2.45, 2.75) is 43.4 Å². The van der Waals surface area contributed by atoms with E-state index in [9.17, 15) is 13.5 Å². The third kappa shape index (κ3) is 3.25. The van der Waals surface area contributed by atoms with Crippen molar-refractivity contribution in [3.63, 3.8) is 0 Å². The molecule has 27 heavy (non-hydrogen) atoms. The standard InChI is InChI=1S/C19H20ClN3O3S/c1-10-15(4-2-11-9-22-19(21)18(10)11)16-5-3-14(8-17(16)20)27(25,26)23-12-6-13(24)7-12/h2-5,8,12-13,23-24H,6-7,9H2,1H3,(H2,21,22). The molecule has 4 rings (SSSR count). The summed E-state index contributed by atoms with van der Waals surface area (Å²) < 4.78 is 27.6. The number of aliphatic hydroxyl groups excluding tert-OH is 1. The predicted molar refractivity (Wildman–Crippen MR) is 105 cm³/mol. The Morgan fingerprint density at radius 2 is 1.93 bits per heavy atom. The fourth-order valence-corrected chi connectivity index (χ4v) is 5.28. The lowest BCUT2D eigenvalue weighted by molar-refractivity contribution is 0.0712. The van der Waals surface area contributed by atoms with Crippen molar-refractivity contribution in [1.29, 1.82) is 0 Å². The van der Waals surface area contributed by atoms with E-state index in [4.69, 9.17) is 17.3 Å². The number of rotatable bonds is 4. The van der Waals surface area contributed by atoms with Crippen molar-refractivity contribution in [1.82, 2.24) is 4.72 Å². The van der Waals surface area contributed by atoms with Gasteiger partial charge >= 0.3 is 0 Å². The van der Waals surface area contributed by atoms with Crippen molar-refractivity contribution in [3.8, 4) is 11.1 Å². The fraction of sp³-hybridized carbons (Fsp3) is 0.316. The highest BCUT2D eigenvalue weighted by molar-refractivity contribution is 7.89. The Kier molecular flexibility index (Phi) is 4.50. The number of sulfonamides is 1. The molecule has 0 amide bonds. The molecule has 142 valence electrons. The highest BCUT2D eigenvalue weighted by Crippen LogP contribution is 2.36. The van der Waals surface area contributed by atoms with E-state index in [0.717, 1.165) is 27.8 Å². The summed E-state index contributed by atoms with van der Waals surface area (Å²) in [6.07, 6.45) is 0.437. The van der Waals surface area contributed by atoms with E-state index in [1.807, 2.05) is 19.1 Å². The fourth-order valence-electron chi connectivity index (χ4n) is 3.65. The minimum Gasteiger partial charge on any atom is -0.393 e. The zero-order valence-corrected chi connectivity index (χ0v) is 16.3. The van der Waals surface area contributed by atoms with Crippen molar-refractivity contribution >= 4 is 27.5 Å². The number of amidine groups is 1. The van der Waals surface area contributed by atoms with Gasteiger partial charge in [0, 0.05) is 22.2 Å². The number of benzene rings is 2. The summed E-state index contributed by atoms with van der Waals surface area (Å²) >= 11 is 6.44. The van der Waals surface area contributed by atoms with Gasteiger partial charge in [0.2, 0.25) is 10.0 Å². The number of hydrogen-bond donors (Lipinski definition) is 3. The maximum Gasteiger partial charge on any atom is 0.240 e. The highest BCUT2D eigenvalue weighted by atomic mass is 35.5. The first-order valence-electron chi connectivity index (χ1n) is 8.69. The van der Waals surface area contributed by atoms with Gasteiger partial charge in [0.25, 0.3) is 0 Å². The van der Waals surface area contributed by atoms with Crippen LogP contribution in [0.15, 0.2) is 40.2 Å². The van der Waals surface area contributed by atoms with Crippen LogP contribution in [0.5, 0.6) is 0 Å². The van der Waals surface area contributed by atoms with Crippen molar-refractivity contribution < 1.29 is 13.5 Å². The van der Waals surface area contributed by atoms with E-state index in [0.29, 0.717) is 30.2 Å². The molecule has 2 aromatic carbocycles. The second kappa shape index (κ2) is 6.60. The van der Waals surface area contributed by atoms with Gasteiger partial charge in [0.15, 0.2) is 0 Å². The molecule has 1 fully saturated rings. The molecule has 0 unspecified atom stereocenters. The summed E-state index contributed by atoms with van der Waals surface area (Å²) in [4.78, 5) is 4.38. The van der Waals surface area contributed by atoms with Crippen molar-refractivity contribution in [2.24, 2.45) is 10.7 Å². The number of aliphatic imine (C=N–C) groups is 1. The average Bonchev–Trinajstić information content (AvgIpc) is 2.96. The SMILES string of the molecule is Cc1c(-c2ccc(S(=O)(=O)NC3CC(O)C3)cc2Cl)ccc2c1C(N)=NC2. The second-order valence-corrected chi connectivity index (χ2v) is 9.18. The van der Waals surface area contributed by atoms with Gasteiger partial charge < -0.3 is 10.8 Å². The van der Waals surface area contributed by atoms with Gasteiger partial charge in [-0.2, -0.15) is 0 Å². The molecule has 0 aromatic heterocycles. The Labute approximate surface area is 163 Å². The second-order valence-electron chi connectivity index (χ2n) is 7.06. The molecule has 6 nitrogen and oxygen atoms in total. The van der Waals surface area contributed by atoms with Crippen LogP contribution in [0.1, 0.15) is 29.5 Å². The molecule has 8 heteroatoms. The van der Waals surface area contributed by atoms with Crippen molar-refractivity contribution in [2.75, 3.05) is 0 Å². The Bertz CT molecular complexity index is 1060. The molecule has 0 radical (unpaired) electrons. The average molecular weight is 406 g/mol. The Balaban J connectivity index is 1.67. The Hall–Kier alpha value is -1.93. The molecular weight excluding hydrogens is 386 g/mol. The maximum atomic E-state index is 12.5. The Morgan fingerprint density at radius 1 is 1.22 bits per heavy atom. The molecule has 0 bridgehead atoms. The molecule has 0 saturated heterocycles. The van der Waals surface area contributed by atoms with E-state index >= 15 is 0 Å². The largest absolute Gasteiger partial charge is 0.393 e. The van der Waals surface area contributed by atoms with E-state index in [-0.39, 0.29) is 10.9 Å². The topological polar surface area (TPSA) is 105 Å². The normalized spacial score (nSPS) is 21.5. The van der Waals surface area contributed by atoms with Crippen LogP contribution < -0.4 is 10.5 Å². The first-order chi connectivity index (χ1) is 12.8. The molecule has 0 atom stereocenters. The van der Waals surface area contributed by atoms with Crippen LogP contribution in [-0.4, -0.2) is 31.5 Å². The quantitative estimate of drug-likeness (QED) is 0.725. The van der Waals surface area contributed by atoms with E-state index < -0.39 is 16.1 Å². The number of nitrogens with one attached hydrogen (secondary N) is 1. The van der Waals surface area contributed by atoms with Crippen LogP contribution >= 0.6 is 11.6 Å². The number of nitrogens with two attached hydrogens (primary N) is 1. The zero-order chi connectivity index (χ0) is 19.3. The van der Waals surface area contributed by atoms with Gasteiger partial charge in [-0.1, -0.05) is 29.8 Å². The summed E-state index contributed by atoms with van der Waals surface area (Å²) in [5, 5.41) is 9.68. The van der Waals surface area contributed by atoms with Gasteiger partial charge in [-0.3, -0.25) is 4.99 Å². The first kappa shape index (κ1) is 18.4. The maximum absolute atomic E-state index is 12.5. The van der Waals surface area contributed by atoms with Crippen LogP contribution in [0.3, 0.4) is 0 Å². The van der Waals surface area contributed by atoms with E-state index in [1.54, 1.807) is 12.1 Å². The van der Waals surface area contributed by atoms with Crippen LogP contribution in [0.25, 0.3) is 11.1 Å². The van der Waals surface area contributed by atoms with Gasteiger partial charge in [0.1, 0.15) is 5.84 Å². The molecule has 1 aliphatic heterocycles. The minimum atomic E-state index is -3.68. The summed E-state index contributed by atoms with van der Waals surface area (Å²) in [5.74, 6) is 0.520. The summed E-state index contributed by atoms with van der Waals surface area (Å²) in [7, 11) is -3.68. The van der Waals surface area contributed by atoms with Crippen LogP contribution in [-0.2, 0) is 16.6 Å². The van der Waals surface area contributed by atoms with E-state index in [2.05, 4.69) is 9.71 Å². The molecule has 4 N–H and O–H groups in total. The highest BCUT2D eigenvalue weighted by Gasteiger charge is 2.31. The van der Waals surface area contributed by atoms with Crippen LogP contribution in [0.4, 0.5) is 0 Å². The first-order valence-corrected chi connectivity index (χ1v) is 10.6. The predicted octanol–water partition coefficient (Wildman–Crippen LogP) is 2.34. The lowest BCUT2D eigenvalue weighted by Gasteiger charge is -2.31. The summed E-state index contributed by atoms with van der Waals surface area (Å²) in [5.41, 5.74) is 10.6. The third-order valence-electron chi connectivity index (χ3n) is 5.20. The lowest BCUT2D eigenvalue weighted by atomic mass is 9.91. The number of nitrogens with zero attached hydrogens (tertiary/aromatic N) is 1. The minimum absolute atomic E-state index is 0.109. The molecule has 2 aromatic rings. The van der Waals surface area contributed by atoms with E-state index in [1.165, 1.54) is 6.07 Å². The van der Waals surface area contributed by atoms with Crippen LogP contribution in [0.2, 0.25) is 5.02 Å². The number of halogens is 1. The molecule has 1 aliphatic carbocycles. The number of aliphatic hydroxyl groups is 1. The van der Waals surface area contributed by atoms with Gasteiger partial charge in [0.05, 0.1) is 17.5 Å². The van der Waals surface area contributed by atoms with Gasteiger partial charge in [-0.25, -0.2) is 13.1 Å².